The number of aromatic amines is 1. The minimum atomic E-state index is 0.563. The van der Waals surface area contributed by atoms with Crippen LogP contribution in [0.1, 0.15) is 19.0 Å². The van der Waals surface area contributed by atoms with Crippen LogP contribution in [-0.4, -0.2) is 36.7 Å². The fourth-order valence-electron chi connectivity index (χ4n) is 1.88. The van der Waals surface area contributed by atoms with E-state index in [9.17, 15) is 0 Å². The lowest BCUT2D eigenvalue weighted by Crippen LogP contribution is -2.08. The maximum Gasteiger partial charge on any atom is 0.226 e. The van der Waals surface area contributed by atoms with Crippen molar-refractivity contribution in [2.24, 2.45) is 0 Å². The second-order valence-corrected chi connectivity index (χ2v) is 4.51. The van der Waals surface area contributed by atoms with Gasteiger partial charge in [-0.05, 0) is 12.5 Å². The van der Waals surface area contributed by atoms with Crippen molar-refractivity contribution in [2.45, 2.75) is 19.9 Å². The molecule has 0 aliphatic carbocycles. The summed E-state index contributed by atoms with van der Waals surface area (Å²) in [7, 11) is 0. The Balaban J connectivity index is 1.83. The Morgan fingerprint density at radius 3 is 3.00 bits per heavy atom. The molecule has 8 heteroatoms. The smallest absolute Gasteiger partial charge is 0.226 e. The van der Waals surface area contributed by atoms with Gasteiger partial charge >= 0.3 is 0 Å². The summed E-state index contributed by atoms with van der Waals surface area (Å²) in [5, 5.41) is 14.2. The molecule has 0 radical (unpaired) electrons. The van der Waals surface area contributed by atoms with Crippen molar-refractivity contribution < 1.29 is 0 Å². The van der Waals surface area contributed by atoms with Gasteiger partial charge in [0.1, 0.15) is 12.1 Å². The van der Waals surface area contributed by atoms with Gasteiger partial charge in [-0.25, -0.2) is 9.97 Å². The summed E-state index contributed by atoms with van der Waals surface area (Å²) in [4.78, 5) is 16.9. The van der Waals surface area contributed by atoms with Crippen LogP contribution in [0, 0.1) is 0 Å². The van der Waals surface area contributed by atoms with Crippen LogP contribution in [0.25, 0.3) is 11.0 Å². The van der Waals surface area contributed by atoms with E-state index in [0.29, 0.717) is 18.1 Å². The fourth-order valence-corrected chi connectivity index (χ4v) is 1.88. The summed E-state index contributed by atoms with van der Waals surface area (Å²) in [5.41, 5.74) is 1.59. The molecular weight excluding hydrogens is 268 g/mol. The SMILES string of the molecule is CCCNc1nc(NCc2ccncn2)c2cn[nH]c2n1. The molecule has 0 saturated carbocycles. The van der Waals surface area contributed by atoms with Crippen LogP contribution in [0.2, 0.25) is 0 Å². The molecule has 21 heavy (non-hydrogen) atoms. The Hall–Kier alpha value is -2.77. The van der Waals surface area contributed by atoms with E-state index in [0.717, 1.165) is 29.9 Å². The predicted molar refractivity (Wildman–Crippen MR) is 79.8 cm³/mol. The summed E-state index contributed by atoms with van der Waals surface area (Å²) in [5.74, 6) is 1.31. The van der Waals surface area contributed by atoms with Gasteiger partial charge in [0.15, 0.2) is 5.65 Å². The minimum absolute atomic E-state index is 0.563. The molecule has 108 valence electrons. The van der Waals surface area contributed by atoms with Gasteiger partial charge in [-0.15, -0.1) is 0 Å². The average Bonchev–Trinajstić information content (AvgIpc) is 3.00. The molecule has 3 rings (SSSR count). The molecule has 0 fully saturated rings. The van der Waals surface area contributed by atoms with Crippen molar-refractivity contribution in [1.29, 1.82) is 0 Å². The van der Waals surface area contributed by atoms with Crippen LogP contribution < -0.4 is 10.6 Å². The molecule has 0 saturated heterocycles. The number of nitrogens with zero attached hydrogens (tertiary/aromatic N) is 5. The van der Waals surface area contributed by atoms with Crippen LogP contribution in [0.15, 0.2) is 24.8 Å². The van der Waals surface area contributed by atoms with Crippen molar-refractivity contribution in [2.75, 3.05) is 17.2 Å². The Labute approximate surface area is 121 Å². The summed E-state index contributed by atoms with van der Waals surface area (Å²) in [6.07, 6.45) is 5.96. The quantitative estimate of drug-likeness (QED) is 0.631. The number of anilines is 2. The van der Waals surface area contributed by atoms with Crippen molar-refractivity contribution in [3.05, 3.63) is 30.5 Å². The lowest BCUT2D eigenvalue weighted by molar-refractivity contribution is 0.950. The van der Waals surface area contributed by atoms with Crippen molar-refractivity contribution in [3.8, 4) is 0 Å². The van der Waals surface area contributed by atoms with Crippen molar-refractivity contribution in [3.63, 3.8) is 0 Å². The van der Waals surface area contributed by atoms with Crippen LogP contribution in [-0.2, 0) is 6.54 Å². The van der Waals surface area contributed by atoms with E-state index < -0.39 is 0 Å². The highest BCUT2D eigenvalue weighted by Gasteiger charge is 2.09. The lowest BCUT2D eigenvalue weighted by atomic mass is 10.3. The zero-order valence-corrected chi connectivity index (χ0v) is 11.7. The summed E-state index contributed by atoms with van der Waals surface area (Å²) >= 11 is 0. The number of hydrogen-bond acceptors (Lipinski definition) is 7. The molecule has 3 aromatic heterocycles. The normalized spacial score (nSPS) is 10.7. The van der Waals surface area contributed by atoms with Crippen LogP contribution >= 0.6 is 0 Å². The second kappa shape index (κ2) is 6.12. The molecular formula is C13H16N8. The molecule has 0 aromatic carbocycles. The second-order valence-electron chi connectivity index (χ2n) is 4.51. The first-order valence-electron chi connectivity index (χ1n) is 6.80. The predicted octanol–water partition coefficient (Wildman–Crippen LogP) is 1.58. The van der Waals surface area contributed by atoms with E-state index in [1.54, 1.807) is 12.4 Å². The molecule has 0 unspecified atom stereocenters. The number of rotatable bonds is 6. The van der Waals surface area contributed by atoms with Crippen LogP contribution in [0.3, 0.4) is 0 Å². The van der Waals surface area contributed by atoms with E-state index >= 15 is 0 Å². The standard InChI is InChI=1S/C13H16N8/c1-2-4-15-13-19-11(10-7-18-21-12(10)20-13)16-6-9-3-5-14-8-17-9/h3,5,7-8H,2,4,6H2,1H3,(H3,15,16,18,19,20,21). The minimum Gasteiger partial charge on any atom is -0.364 e. The molecule has 0 amide bonds. The Bertz CT molecular complexity index is 709. The average molecular weight is 284 g/mol. The largest absolute Gasteiger partial charge is 0.364 e. The monoisotopic (exact) mass is 284 g/mol. The van der Waals surface area contributed by atoms with Crippen molar-refractivity contribution in [1.82, 2.24) is 30.1 Å². The van der Waals surface area contributed by atoms with Gasteiger partial charge in [0.2, 0.25) is 5.95 Å². The number of hydrogen-bond donors (Lipinski definition) is 3. The first kappa shape index (κ1) is 13.2. The molecule has 0 bridgehead atoms. The Morgan fingerprint density at radius 2 is 2.19 bits per heavy atom. The third-order valence-electron chi connectivity index (χ3n) is 2.92. The molecule has 0 spiro atoms. The Kier molecular flexibility index (Phi) is 3.85. The third kappa shape index (κ3) is 3.04. The van der Waals surface area contributed by atoms with Gasteiger partial charge in [0.05, 0.1) is 23.8 Å². The lowest BCUT2D eigenvalue weighted by Gasteiger charge is -2.09. The highest BCUT2D eigenvalue weighted by Crippen LogP contribution is 2.20. The zero-order valence-electron chi connectivity index (χ0n) is 11.7. The number of H-pyrrole nitrogens is 1. The molecule has 8 nitrogen and oxygen atoms in total. The number of nitrogens with one attached hydrogen (secondary N) is 3. The summed E-state index contributed by atoms with van der Waals surface area (Å²) < 4.78 is 0. The highest BCUT2D eigenvalue weighted by molar-refractivity contribution is 5.86. The number of fused-ring (bicyclic) bond motifs is 1. The molecule has 0 aliphatic heterocycles. The van der Waals surface area contributed by atoms with E-state index in [2.05, 4.69) is 47.7 Å². The summed E-state index contributed by atoms with van der Waals surface area (Å²) in [6.45, 7) is 3.48. The first-order chi connectivity index (χ1) is 10.4. The molecule has 3 N–H and O–H groups in total. The first-order valence-corrected chi connectivity index (χ1v) is 6.80. The van der Waals surface area contributed by atoms with Crippen molar-refractivity contribution >= 4 is 22.8 Å². The van der Waals surface area contributed by atoms with Gasteiger partial charge in [-0.2, -0.15) is 15.1 Å². The van der Waals surface area contributed by atoms with Gasteiger partial charge in [-0.3, -0.25) is 5.10 Å². The van der Waals surface area contributed by atoms with Crippen LogP contribution in [0.4, 0.5) is 11.8 Å². The van der Waals surface area contributed by atoms with Gasteiger partial charge < -0.3 is 10.6 Å². The topological polar surface area (TPSA) is 104 Å². The highest BCUT2D eigenvalue weighted by atomic mass is 15.2. The maximum atomic E-state index is 4.49. The summed E-state index contributed by atoms with van der Waals surface area (Å²) in [6, 6.07) is 1.86. The molecule has 3 heterocycles. The molecule has 0 aliphatic rings. The third-order valence-corrected chi connectivity index (χ3v) is 2.92. The fraction of sp³-hybridized carbons (Fsp3) is 0.308. The zero-order chi connectivity index (χ0) is 14.5. The Morgan fingerprint density at radius 1 is 1.24 bits per heavy atom. The molecule has 0 atom stereocenters. The number of aromatic nitrogens is 6. The van der Waals surface area contributed by atoms with E-state index in [4.69, 9.17) is 0 Å². The molecule has 3 aromatic rings. The van der Waals surface area contributed by atoms with Gasteiger partial charge in [0, 0.05) is 12.7 Å². The van der Waals surface area contributed by atoms with Gasteiger partial charge in [0.25, 0.3) is 0 Å². The van der Waals surface area contributed by atoms with E-state index in [1.807, 2.05) is 6.07 Å². The van der Waals surface area contributed by atoms with Gasteiger partial charge in [-0.1, -0.05) is 6.92 Å². The van der Waals surface area contributed by atoms with Crippen LogP contribution in [0.5, 0.6) is 0 Å². The maximum absolute atomic E-state index is 4.49. The van der Waals surface area contributed by atoms with E-state index in [-0.39, 0.29) is 0 Å². The van der Waals surface area contributed by atoms with E-state index in [1.165, 1.54) is 6.33 Å².